The van der Waals surface area contributed by atoms with Crippen LogP contribution in [0.5, 0.6) is 0 Å². The van der Waals surface area contributed by atoms with Crippen molar-refractivity contribution < 1.29 is 14.6 Å². The first-order chi connectivity index (χ1) is 7.24. The standard InChI is InChI=1S/C11H21NO3/c1-2-15-8-4-6-11(14)12-7-3-5-10(13)9-12/h10,13H,2-9H2,1H3. The predicted molar refractivity (Wildman–Crippen MR) is 57.5 cm³/mol. The number of aliphatic hydroxyl groups excluding tert-OH is 1. The Morgan fingerprint density at radius 2 is 2.40 bits per heavy atom. The van der Waals surface area contributed by atoms with Gasteiger partial charge in [-0.1, -0.05) is 0 Å². The fourth-order valence-corrected chi connectivity index (χ4v) is 1.81. The number of hydrogen-bond donors (Lipinski definition) is 1. The number of rotatable bonds is 5. The van der Waals surface area contributed by atoms with Crippen molar-refractivity contribution >= 4 is 5.91 Å². The van der Waals surface area contributed by atoms with Gasteiger partial charge >= 0.3 is 0 Å². The Morgan fingerprint density at radius 3 is 3.07 bits per heavy atom. The van der Waals surface area contributed by atoms with E-state index < -0.39 is 0 Å². The molecule has 1 amide bonds. The van der Waals surface area contributed by atoms with E-state index in [1.807, 2.05) is 6.92 Å². The van der Waals surface area contributed by atoms with Gasteiger partial charge < -0.3 is 14.7 Å². The fourth-order valence-electron chi connectivity index (χ4n) is 1.81. The van der Waals surface area contributed by atoms with E-state index in [4.69, 9.17) is 4.74 Å². The van der Waals surface area contributed by atoms with Crippen molar-refractivity contribution in [3.63, 3.8) is 0 Å². The van der Waals surface area contributed by atoms with Crippen LogP contribution in [0.1, 0.15) is 32.6 Å². The van der Waals surface area contributed by atoms with Gasteiger partial charge in [0.05, 0.1) is 6.10 Å². The molecule has 0 radical (unpaired) electrons. The minimum atomic E-state index is -0.324. The Hall–Kier alpha value is -0.610. The van der Waals surface area contributed by atoms with Crippen LogP contribution in [0.4, 0.5) is 0 Å². The average Bonchev–Trinajstić information content (AvgIpc) is 2.24. The second-order valence-electron chi connectivity index (χ2n) is 3.94. The topological polar surface area (TPSA) is 49.8 Å². The number of carbonyl (C=O) groups excluding carboxylic acids is 1. The Morgan fingerprint density at radius 1 is 1.60 bits per heavy atom. The van der Waals surface area contributed by atoms with Crippen LogP contribution in [0.25, 0.3) is 0 Å². The molecule has 15 heavy (non-hydrogen) atoms. The molecule has 0 bridgehead atoms. The van der Waals surface area contributed by atoms with Crippen molar-refractivity contribution in [3.8, 4) is 0 Å². The third kappa shape index (κ3) is 4.62. The molecule has 0 aliphatic carbocycles. The summed E-state index contributed by atoms with van der Waals surface area (Å²) in [4.78, 5) is 13.4. The second kappa shape index (κ2) is 6.80. The summed E-state index contributed by atoms with van der Waals surface area (Å²) in [7, 11) is 0. The van der Waals surface area contributed by atoms with E-state index in [0.29, 0.717) is 26.2 Å². The molecule has 1 atom stereocenters. The first kappa shape index (κ1) is 12.5. The zero-order valence-electron chi connectivity index (χ0n) is 9.45. The van der Waals surface area contributed by atoms with Crippen molar-refractivity contribution in [2.75, 3.05) is 26.3 Å². The normalized spacial score (nSPS) is 21.7. The first-order valence-electron chi connectivity index (χ1n) is 5.77. The van der Waals surface area contributed by atoms with Crippen LogP contribution < -0.4 is 0 Å². The summed E-state index contributed by atoms with van der Waals surface area (Å²) in [5, 5.41) is 9.42. The molecule has 0 aromatic rings. The van der Waals surface area contributed by atoms with Gasteiger partial charge in [0.25, 0.3) is 0 Å². The molecule has 1 rings (SSSR count). The van der Waals surface area contributed by atoms with E-state index in [0.717, 1.165) is 25.8 Å². The highest BCUT2D eigenvalue weighted by Gasteiger charge is 2.21. The number of aliphatic hydroxyl groups is 1. The second-order valence-corrected chi connectivity index (χ2v) is 3.94. The van der Waals surface area contributed by atoms with E-state index >= 15 is 0 Å². The minimum Gasteiger partial charge on any atom is -0.391 e. The summed E-state index contributed by atoms with van der Waals surface area (Å²) in [6.45, 7) is 4.61. The van der Waals surface area contributed by atoms with E-state index in [-0.39, 0.29) is 12.0 Å². The molecular weight excluding hydrogens is 194 g/mol. The molecule has 1 N–H and O–H groups in total. The number of ether oxygens (including phenoxy) is 1. The summed E-state index contributed by atoms with van der Waals surface area (Å²) < 4.78 is 5.17. The van der Waals surface area contributed by atoms with Gasteiger partial charge in [-0.05, 0) is 26.2 Å². The Bertz CT molecular complexity index is 196. The van der Waals surface area contributed by atoms with Crippen LogP contribution in [0.2, 0.25) is 0 Å². The quantitative estimate of drug-likeness (QED) is 0.690. The van der Waals surface area contributed by atoms with Crippen LogP contribution in [0.3, 0.4) is 0 Å². The highest BCUT2D eigenvalue weighted by Crippen LogP contribution is 2.11. The van der Waals surface area contributed by atoms with Crippen molar-refractivity contribution in [1.29, 1.82) is 0 Å². The van der Waals surface area contributed by atoms with E-state index in [9.17, 15) is 9.90 Å². The lowest BCUT2D eigenvalue weighted by molar-refractivity contribution is -0.134. The van der Waals surface area contributed by atoms with Crippen LogP contribution >= 0.6 is 0 Å². The molecule has 1 aliphatic heterocycles. The molecule has 1 heterocycles. The van der Waals surface area contributed by atoms with Gasteiger partial charge in [-0.15, -0.1) is 0 Å². The zero-order chi connectivity index (χ0) is 11.1. The van der Waals surface area contributed by atoms with E-state index in [1.165, 1.54) is 0 Å². The van der Waals surface area contributed by atoms with Gasteiger partial charge in [0, 0.05) is 32.7 Å². The molecule has 0 saturated carbocycles. The molecule has 0 aromatic carbocycles. The third-order valence-corrected chi connectivity index (χ3v) is 2.63. The summed E-state index contributed by atoms with van der Waals surface area (Å²) >= 11 is 0. The maximum atomic E-state index is 11.7. The monoisotopic (exact) mass is 215 g/mol. The number of nitrogens with zero attached hydrogens (tertiary/aromatic N) is 1. The van der Waals surface area contributed by atoms with Crippen molar-refractivity contribution in [2.45, 2.75) is 38.7 Å². The summed E-state index contributed by atoms with van der Waals surface area (Å²) in [5.41, 5.74) is 0. The van der Waals surface area contributed by atoms with Gasteiger partial charge in [-0.25, -0.2) is 0 Å². The summed E-state index contributed by atoms with van der Waals surface area (Å²) in [5.74, 6) is 0.147. The highest BCUT2D eigenvalue weighted by atomic mass is 16.5. The fraction of sp³-hybridized carbons (Fsp3) is 0.909. The Kier molecular flexibility index (Phi) is 5.65. The molecule has 1 saturated heterocycles. The van der Waals surface area contributed by atoms with Gasteiger partial charge in [0.2, 0.25) is 5.91 Å². The Balaban J connectivity index is 2.15. The molecule has 1 unspecified atom stereocenters. The Labute approximate surface area is 91.2 Å². The average molecular weight is 215 g/mol. The van der Waals surface area contributed by atoms with Crippen molar-refractivity contribution in [1.82, 2.24) is 4.90 Å². The number of piperidine rings is 1. The molecule has 4 nitrogen and oxygen atoms in total. The number of hydrogen-bond acceptors (Lipinski definition) is 3. The molecule has 0 spiro atoms. The van der Waals surface area contributed by atoms with Crippen molar-refractivity contribution in [3.05, 3.63) is 0 Å². The van der Waals surface area contributed by atoms with Gasteiger partial charge in [0.15, 0.2) is 0 Å². The lowest BCUT2D eigenvalue weighted by Crippen LogP contribution is -2.42. The van der Waals surface area contributed by atoms with Gasteiger partial charge in [0.1, 0.15) is 0 Å². The SMILES string of the molecule is CCOCCCC(=O)N1CCCC(O)C1. The first-order valence-corrected chi connectivity index (χ1v) is 5.77. The predicted octanol–water partition coefficient (Wildman–Crippen LogP) is 0.786. The van der Waals surface area contributed by atoms with Gasteiger partial charge in [-0.2, -0.15) is 0 Å². The van der Waals surface area contributed by atoms with E-state index in [2.05, 4.69) is 0 Å². The van der Waals surface area contributed by atoms with Gasteiger partial charge in [-0.3, -0.25) is 4.79 Å². The smallest absolute Gasteiger partial charge is 0.222 e. The number of β-amino-alcohol motifs (C(OH)–C–C–N with tert-alkyl or cyclic N) is 1. The highest BCUT2D eigenvalue weighted by molar-refractivity contribution is 5.76. The maximum absolute atomic E-state index is 11.7. The number of carbonyl (C=O) groups is 1. The molecule has 88 valence electrons. The summed E-state index contributed by atoms with van der Waals surface area (Å²) in [6.07, 6.45) is 2.72. The molecule has 1 aliphatic rings. The van der Waals surface area contributed by atoms with Crippen LogP contribution in [-0.4, -0.2) is 48.3 Å². The molecular formula is C11H21NO3. The number of amides is 1. The van der Waals surface area contributed by atoms with Crippen LogP contribution in [-0.2, 0) is 9.53 Å². The summed E-state index contributed by atoms with van der Waals surface area (Å²) in [6, 6.07) is 0. The van der Waals surface area contributed by atoms with E-state index in [1.54, 1.807) is 4.90 Å². The molecule has 0 aromatic heterocycles. The minimum absolute atomic E-state index is 0.147. The lowest BCUT2D eigenvalue weighted by atomic mass is 10.1. The largest absolute Gasteiger partial charge is 0.391 e. The third-order valence-electron chi connectivity index (χ3n) is 2.63. The maximum Gasteiger partial charge on any atom is 0.222 e. The number of likely N-dealkylation sites (tertiary alicyclic amines) is 1. The van der Waals surface area contributed by atoms with Crippen LogP contribution in [0.15, 0.2) is 0 Å². The molecule has 4 heteroatoms. The zero-order valence-corrected chi connectivity index (χ0v) is 9.45. The lowest BCUT2D eigenvalue weighted by Gasteiger charge is -2.30. The van der Waals surface area contributed by atoms with Crippen molar-refractivity contribution in [2.24, 2.45) is 0 Å². The van der Waals surface area contributed by atoms with Crippen LogP contribution in [0, 0.1) is 0 Å². The molecule has 1 fully saturated rings.